The number of nitriles is 1. The maximum Gasteiger partial charge on any atom is 0.149 e. The number of hydrogen-bond donors (Lipinski definition) is 1. The Kier molecular flexibility index (Phi) is 4.54. The molecule has 5 nitrogen and oxygen atoms in total. The molecule has 1 fully saturated rings. The van der Waals surface area contributed by atoms with Crippen molar-refractivity contribution in [1.82, 2.24) is 15.1 Å². The molecule has 0 radical (unpaired) electrons. The third kappa shape index (κ3) is 3.66. The first kappa shape index (κ1) is 15.4. The summed E-state index contributed by atoms with van der Waals surface area (Å²) in [6.45, 7) is 4.23. The minimum Gasteiger partial charge on any atom is -0.365 e. The van der Waals surface area contributed by atoms with Crippen LogP contribution in [0.15, 0.2) is 30.3 Å². The predicted octanol–water partition coefficient (Wildman–Crippen LogP) is 2.83. The standard InChI is InChI=1S/C18H21N5/c1-13-9-17(20-16-7-4-8-23(2)12-16)21-22-18(13)15-6-3-5-14(10-15)11-19/h3,5-6,9-10,16H,4,7-8,12H2,1-2H3,(H,20,21)/t16-/m1/s1. The van der Waals surface area contributed by atoms with Gasteiger partial charge in [-0.2, -0.15) is 5.26 Å². The smallest absolute Gasteiger partial charge is 0.149 e. The highest BCUT2D eigenvalue weighted by atomic mass is 15.2. The number of aromatic nitrogens is 2. The second kappa shape index (κ2) is 6.76. The van der Waals surface area contributed by atoms with E-state index >= 15 is 0 Å². The van der Waals surface area contributed by atoms with E-state index in [4.69, 9.17) is 5.26 Å². The van der Waals surface area contributed by atoms with Gasteiger partial charge in [-0.05, 0) is 57.1 Å². The molecule has 0 unspecified atom stereocenters. The summed E-state index contributed by atoms with van der Waals surface area (Å²) in [5.41, 5.74) is 3.45. The molecule has 1 atom stereocenters. The van der Waals surface area contributed by atoms with Gasteiger partial charge in [-0.1, -0.05) is 12.1 Å². The highest BCUT2D eigenvalue weighted by Crippen LogP contribution is 2.23. The molecule has 0 aliphatic carbocycles. The molecule has 1 saturated heterocycles. The third-order valence-electron chi connectivity index (χ3n) is 4.23. The molecule has 2 aromatic rings. The third-order valence-corrected chi connectivity index (χ3v) is 4.23. The van der Waals surface area contributed by atoms with Gasteiger partial charge in [0.2, 0.25) is 0 Å². The second-order valence-electron chi connectivity index (χ2n) is 6.20. The molecule has 1 aliphatic heterocycles. The van der Waals surface area contributed by atoms with Crippen LogP contribution in [0.25, 0.3) is 11.3 Å². The maximum atomic E-state index is 9.03. The van der Waals surface area contributed by atoms with Crippen molar-refractivity contribution >= 4 is 5.82 Å². The van der Waals surface area contributed by atoms with Crippen molar-refractivity contribution in [1.29, 1.82) is 5.26 Å². The Balaban J connectivity index is 1.79. The van der Waals surface area contributed by atoms with E-state index in [9.17, 15) is 0 Å². The van der Waals surface area contributed by atoms with Gasteiger partial charge >= 0.3 is 0 Å². The van der Waals surface area contributed by atoms with Gasteiger partial charge in [0.15, 0.2) is 0 Å². The van der Waals surface area contributed by atoms with Gasteiger partial charge in [-0.15, -0.1) is 10.2 Å². The highest BCUT2D eigenvalue weighted by molar-refractivity contribution is 5.65. The van der Waals surface area contributed by atoms with Crippen LogP contribution in [0.2, 0.25) is 0 Å². The fraction of sp³-hybridized carbons (Fsp3) is 0.389. The summed E-state index contributed by atoms with van der Waals surface area (Å²) >= 11 is 0. The summed E-state index contributed by atoms with van der Waals surface area (Å²) in [7, 11) is 2.15. The fourth-order valence-corrected chi connectivity index (χ4v) is 3.07. The molecule has 3 rings (SSSR count). The average molecular weight is 307 g/mol. The monoisotopic (exact) mass is 307 g/mol. The van der Waals surface area contributed by atoms with Crippen molar-refractivity contribution in [3.63, 3.8) is 0 Å². The summed E-state index contributed by atoms with van der Waals surface area (Å²) in [6, 6.07) is 12.1. The second-order valence-corrected chi connectivity index (χ2v) is 6.20. The topological polar surface area (TPSA) is 64.8 Å². The van der Waals surface area contributed by atoms with E-state index in [1.807, 2.05) is 31.2 Å². The van der Waals surface area contributed by atoms with E-state index in [-0.39, 0.29) is 0 Å². The van der Waals surface area contributed by atoms with Crippen LogP contribution in [0.3, 0.4) is 0 Å². The van der Waals surface area contributed by atoms with Crippen molar-refractivity contribution < 1.29 is 0 Å². The van der Waals surface area contributed by atoms with Crippen molar-refractivity contribution in [2.45, 2.75) is 25.8 Å². The van der Waals surface area contributed by atoms with E-state index in [1.54, 1.807) is 6.07 Å². The van der Waals surface area contributed by atoms with Crippen LogP contribution < -0.4 is 5.32 Å². The minimum atomic E-state index is 0.426. The number of benzene rings is 1. The van der Waals surface area contributed by atoms with E-state index in [0.717, 1.165) is 42.1 Å². The van der Waals surface area contributed by atoms with Gasteiger partial charge in [0.25, 0.3) is 0 Å². The summed E-state index contributed by atoms with van der Waals surface area (Å²) in [4.78, 5) is 2.34. The van der Waals surface area contributed by atoms with Gasteiger partial charge < -0.3 is 10.2 Å². The van der Waals surface area contributed by atoms with Gasteiger partial charge in [0.1, 0.15) is 5.82 Å². The Labute approximate surface area is 137 Å². The number of piperidine rings is 1. The molecule has 1 aliphatic rings. The number of hydrogen-bond acceptors (Lipinski definition) is 5. The average Bonchev–Trinajstić information content (AvgIpc) is 2.55. The number of rotatable bonds is 3. The zero-order valence-electron chi connectivity index (χ0n) is 13.6. The van der Waals surface area contributed by atoms with Crippen molar-refractivity contribution in [3.05, 3.63) is 41.5 Å². The fourth-order valence-electron chi connectivity index (χ4n) is 3.07. The van der Waals surface area contributed by atoms with Crippen LogP contribution >= 0.6 is 0 Å². The molecule has 2 heterocycles. The minimum absolute atomic E-state index is 0.426. The van der Waals surface area contributed by atoms with Gasteiger partial charge in [-0.3, -0.25) is 0 Å². The number of nitrogens with one attached hydrogen (secondary N) is 1. The molecule has 5 heteroatoms. The Morgan fingerprint density at radius 3 is 2.91 bits per heavy atom. The molecule has 118 valence electrons. The predicted molar refractivity (Wildman–Crippen MR) is 91.1 cm³/mol. The Morgan fingerprint density at radius 2 is 2.17 bits per heavy atom. The molecule has 23 heavy (non-hydrogen) atoms. The number of anilines is 1. The zero-order chi connectivity index (χ0) is 16.2. The summed E-state index contributed by atoms with van der Waals surface area (Å²) < 4.78 is 0. The van der Waals surface area contributed by atoms with Gasteiger partial charge in [0, 0.05) is 18.2 Å². The molecule has 0 spiro atoms. The van der Waals surface area contributed by atoms with E-state index < -0.39 is 0 Å². The number of likely N-dealkylation sites (tertiary alicyclic amines) is 1. The van der Waals surface area contributed by atoms with Crippen molar-refractivity contribution in [2.24, 2.45) is 0 Å². The van der Waals surface area contributed by atoms with E-state index in [2.05, 4.69) is 33.5 Å². The lowest BCUT2D eigenvalue weighted by molar-refractivity contribution is 0.260. The van der Waals surface area contributed by atoms with Crippen LogP contribution in [-0.4, -0.2) is 41.3 Å². The van der Waals surface area contributed by atoms with Crippen molar-refractivity contribution in [3.8, 4) is 17.3 Å². The van der Waals surface area contributed by atoms with Crippen LogP contribution in [-0.2, 0) is 0 Å². The van der Waals surface area contributed by atoms with Crippen LogP contribution in [0.4, 0.5) is 5.82 Å². The van der Waals surface area contributed by atoms with Crippen LogP contribution in [0.1, 0.15) is 24.0 Å². The molecule has 1 aromatic heterocycles. The Bertz CT molecular complexity index is 734. The quantitative estimate of drug-likeness (QED) is 0.944. The number of likely N-dealkylation sites (N-methyl/N-ethyl adjacent to an activating group) is 1. The maximum absolute atomic E-state index is 9.03. The van der Waals surface area contributed by atoms with Crippen LogP contribution in [0.5, 0.6) is 0 Å². The normalized spacial score (nSPS) is 18.4. The highest BCUT2D eigenvalue weighted by Gasteiger charge is 2.17. The Morgan fingerprint density at radius 1 is 1.30 bits per heavy atom. The first-order chi connectivity index (χ1) is 11.2. The lowest BCUT2D eigenvalue weighted by Gasteiger charge is -2.30. The first-order valence-corrected chi connectivity index (χ1v) is 7.95. The SMILES string of the molecule is Cc1cc(N[C@@H]2CCCN(C)C2)nnc1-c1cccc(C#N)c1. The van der Waals surface area contributed by atoms with Gasteiger partial charge in [-0.25, -0.2) is 0 Å². The van der Waals surface area contributed by atoms with Gasteiger partial charge in [0.05, 0.1) is 17.3 Å². The Hall–Kier alpha value is -2.45. The van der Waals surface area contributed by atoms with Crippen molar-refractivity contribution in [2.75, 3.05) is 25.5 Å². The molecular formula is C18H21N5. The molecule has 0 bridgehead atoms. The molecule has 0 saturated carbocycles. The van der Waals surface area contributed by atoms with E-state index in [0.29, 0.717) is 11.6 Å². The van der Waals surface area contributed by atoms with Crippen LogP contribution in [0, 0.1) is 18.3 Å². The molecule has 1 aromatic carbocycles. The first-order valence-electron chi connectivity index (χ1n) is 7.95. The van der Waals surface area contributed by atoms with E-state index in [1.165, 1.54) is 6.42 Å². The summed E-state index contributed by atoms with van der Waals surface area (Å²) in [5.74, 6) is 0.822. The lowest BCUT2D eigenvalue weighted by Crippen LogP contribution is -2.39. The lowest BCUT2D eigenvalue weighted by atomic mass is 10.0. The molecular weight excluding hydrogens is 286 g/mol. The summed E-state index contributed by atoms with van der Waals surface area (Å²) in [6.07, 6.45) is 2.37. The molecule has 1 N–H and O–H groups in total. The number of nitrogens with zero attached hydrogens (tertiary/aromatic N) is 4. The zero-order valence-corrected chi connectivity index (χ0v) is 13.6. The summed E-state index contributed by atoms with van der Waals surface area (Å²) in [5, 5.41) is 21.2. The number of aryl methyl sites for hydroxylation is 1. The molecule has 0 amide bonds. The largest absolute Gasteiger partial charge is 0.365 e.